The maximum atomic E-state index is 11.7. The van der Waals surface area contributed by atoms with Gasteiger partial charge in [-0.2, -0.15) is 0 Å². The molecule has 0 unspecified atom stereocenters. The van der Waals surface area contributed by atoms with Gasteiger partial charge in [0.2, 0.25) is 5.91 Å². The molecule has 2 rings (SSSR count). The van der Waals surface area contributed by atoms with E-state index in [9.17, 15) is 4.79 Å². The standard InChI is InChI=1S/C15H22N2OS2/c18-15(7-2-1-6-14-9-12-19-20-14)17-11-8-13-5-3-4-10-16-13/h3-5,10,14H,1-2,6-9,11-12H2,(H,17,18)/t14-/m1/s1. The van der Waals surface area contributed by atoms with Gasteiger partial charge >= 0.3 is 0 Å². The Labute approximate surface area is 129 Å². The summed E-state index contributed by atoms with van der Waals surface area (Å²) in [5, 5.41) is 3.80. The molecule has 0 bridgehead atoms. The van der Waals surface area contributed by atoms with Crippen LogP contribution in [0.25, 0.3) is 0 Å². The van der Waals surface area contributed by atoms with E-state index in [2.05, 4.69) is 10.3 Å². The zero-order chi connectivity index (χ0) is 14.0. The summed E-state index contributed by atoms with van der Waals surface area (Å²) >= 11 is 0. The molecule has 0 spiro atoms. The SMILES string of the molecule is O=C(CCCC[C@@H]1CCSS1)NCCc1ccccn1. The van der Waals surface area contributed by atoms with Crippen molar-refractivity contribution in [1.82, 2.24) is 10.3 Å². The Kier molecular flexibility index (Phi) is 7.30. The van der Waals surface area contributed by atoms with Crippen LogP contribution >= 0.6 is 21.6 Å². The van der Waals surface area contributed by atoms with Crippen LogP contribution in [0.1, 0.15) is 37.8 Å². The molecule has 3 nitrogen and oxygen atoms in total. The average molecular weight is 310 g/mol. The van der Waals surface area contributed by atoms with Crippen LogP contribution in [0.4, 0.5) is 0 Å². The molecule has 1 aliphatic heterocycles. The Balaban J connectivity index is 1.48. The van der Waals surface area contributed by atoms with Crippen LogP contribution in [0.3, 0.4) is 0 Å². The summed E-state index contributed by atoms with van der Waals surface area (Å²) in [4.78, 5) is 15.9. The minimum atomic E-state index is 0.175. The lowest BCUT2D eigenvalue weighted by Crippen LogP contribution is -2.25. The molecule has 1 N–H and O–H groups in total. The lowest BCUT2D eigenvalue weighted by molar-refractivity contribution is -0.121. The van der Waals surface area contributed by atoms with Gasteiger partial charge in [0, 0.05) is 42.3 Å². The number of unbranched alkanes of at least 4 members (excludes halogenated alkanes) is 1. The number of aromatic nitrogens is 1. The maximum absolute atomic E-state index is 11.7. The smallest absolute Gasteiger partial charge is 0.220 e. The van der Waals surface area contributed by atoms with Gasteiger partial charge in [-0.25, -0.2) is 0 Å². The highest BCUT2D eigenvalue weighted by molar-refractivity contribution is 8.77. The van der Waals surface area contributed by atoms with Crippen LogP contribution in [-0.4, -0.2) is 28.4 Å². The fourth-order valence-corrected chi connectivity index (χ4v) is 5.21. The highest BCUT2D eigenvalue weighted by Crippen LogP contribution is 2.39. The Morgan fingerprint density at radius 2 is 2.35 bits per heavy atom. The monoisotopic (exact) mass is 310 g/mol. The number of hydrogen-bond donors (Lipinski definition) is 1. The second-order valence-electron chi connectivity index (χ2n) is 5.00. The van der Waals surface area contributed by atoms with Gasteiger partial charge in [0.05, 0.1) is 0 Å². The summed E-state index contributed by atoms with van der Waals surface area (Å²) < 4.78 is 0. The third kappa shape index (κ3) is 6.18. The number of nitrogens with zero attached hydrogens (tertiary/aromatic N) is 1. The summed E-state index contributed by atoms with van der Waals surface area (Å²) in [5.41, 5.74) is 1.03. The van der Waals surface area contributed by atoms with Crippen LogP contribution in [0.5, 0.6) is 0 Å². The highest BCUT2D eigenvalue weighted by atomic mass is 33.1. The average Bonchev–Trinajstić information content (AvgIpc) is 2.98. The van der Waals surface area contributed by atoms with Gasteiger partial charge in [0.15, 0.2) is 0 Å². The van der Waals surface area contributed by atoms with Crippen LogP contribution in [0.15, 0.2) is 24.4 Å². The van der Waals surface area contributed by atoms with Crippen molar-refractivity contribution < 1.29 is 4.79 Å². The molecule has 1 atom stereocenters. The molecule has 0 aliphatic carbocycles. The van der Waals surface area contributed by atoms with Gasteiger partial charge in [-0.15, -0.1) is 0 Å². The fourth-order valence-electron chi connectivity index (χ4n) is 2.19. The number of amides is 1. The zero-order valence-corrected chi connectivity index (χ0v) is 13.3. The molecular weight excluding hydrogens is 288 g/mol. The molecule has 20 heavy (non-hydrogen) atoms. The van der Waals surface area contributed by atoms with Crippen molar-refractivity contribution in [2.24, 2.45) is 0 Å². The summed E-state index contributed by atoms with van der Waals surface area (Å²) in [5.74, 6) is 1.47. The first-order valence-electron chi connectivity index (χ1n) is 7.29. The van der Waals surface area contributed by atoms with E-state index in [1.54, 1.807) is 6.20 Å². The second kappa shape index (κ2) is 9.29. The topological polar surface area (TPSA) is 42.0 Å². The van der Waals surface area contributed by atoms with Crippen molar-refractivity contribution in [3.63, 3.8) is 0 Å². The van der Waals surface area contributed by atoms with Crippen molar-refractivity contribution in [2.45, 2.75) is 43.8 Å². The van der Waals surface area contributed by atoms with Gasteiger partial charge in [-0.05, 0) is 31.4 Å². The van der Waals surface area contributed by atoms with Gasteiger partial charge in [-0.3, -0.25) is 9.78 Å². The Morgan fingerprint density at radius 1 is 1.40 bits per heavy atom. The molecule has 0 saturated carbocycles. The first-order valence-corrected chi connectivity index (χ1v) is 9.67. The normalized spacial score (nSPS) is 18.1. The third-order valence-corrected chi connectivity index (χ3v) is 6.34. The zero-order valence-electron chi connectivity index (χ0n) is 11.7. The summed E-state index contributed by atoms with van der Waals surface area (Å²) in [7, 11) is 4.01. The molecule has 1 aliphatic rings. The Bertz CT molecular complexity index is 394. The molecule has 5 heteroatoms. The number of carbonyl (C=O) groups is 1. The van der Waals surface area contributed by atoms with E-state index in [1.165, 1.54) is 25.0 Å². The van der Waals surface area contributed by atoms with E-state index in [4.69, 9.17) is 0 Å². The largest absolute Gasteiger partial charge is 0.356 e. The summed E-state index contributed by atoms with van der Waals surface area (Å²) in [6, 6.07) is 5.87. The first kappa shape index (κ1) is 15.7. The van der Waals surface area contributed by atoms with Crippen LogP contribution < -0.4 is 5.32 Å². The molecule has 2 heterocycles. The van der Waals surface area contributed by atoms with E-state index in [1.807, 2.05) is 39.8 Å². The van der Waals surface area contributed by atoms with Crippen LogP contribution in [0, 0.1) is 0 Å². The Morgan fingerprint density at radius 3 is 3.10 bits per heavy atom. The van der Waals surface area contributed by atoms with Crippen LogP contribution in [-0.2, 0) is 11.2 Å². The van der Waals surface area contributed by atoms with E-state index in [0.29, 0.717) is 13.0 Å². The molecule has 0 aromatic carbocycles. The van der Waals surface area contributed by atoms with E-state index >= 15 is 0 Å². The fraction of sp³-hybridized carbons (Fsp3) is 0.600. The van der Waals surface area contributed by atoms with Crippen molar-refractivity contribution in [3.8, 4) is 0 Å². The predicted molar refractivity (Wildman–Crippen MR) is 87.9 cm³/mol. The van der Waals surface area contributed by atoms with E-state index in [0.717, 1.165) is 23.8 Å². The lowest BCUT2D eigenvalue weighted by Gasteiger charge is -2.07. The van der Waals surface area contributed by atoms with Crippen molar-refractivity contribution in [1.29, 1.82) is 0 Å². The number of nitrogens with one attached hydrogen (secondary N) is 1. The van der Waals surface area contributed by atoms with E-state index in [-0.39, 0.29) is 5.91 Å². The molecule has 1 aromatic heterocycles. The second-order valence-corrected chi connectivity index (χ2v) is 7.78. The minimum absolute atomic E-state index is 0.175. The van der Waals surface area contributed by atoms with E-state index < -0.39 is 0 Å². The van der Waals surface area contributed by atoms with Crippen molar-refractivity contribution >= 4 is 27.5 Å². The van der Waals surface area contributed by atoms with Gasteiger partial charge < -0.3 is 5.32 Å². The summed E-state index contributed by atoms with van der Waals surface area (Å²) in [6.45, 7) is 0.685. The summed E-state index contributed by atoms with van der Waals surface area (Å²) in [6.07, 6.45) is 8.04. The molecular formula is C15H22N2OS2. The highest BCUT2D eigenvalue weighted by Gasteiger charge is 2.15. The molecule has 1 fully saturated rings. The number of carbonyl (C=O) groups excluding carboxylic acids is 1. The quantitative estimate of drug-likeness (QED) is 0.590. The molecule has 1 aromatic rings. The lowest BCUT2D eigenvalue weighted by atomic mass is 10.1. The van der Waals surface area contributed by atoms with Gasteiger partial charge in [0.1, 0.15) is 0 Å². The molecule has 0 radical (unpaired) electrons. The Hall–Kier alpha value is -0.680. The van der Waals surface area contributed by atoms with Gasteiger partial charge in [-0.1, -0.05) is 34.1 Å². The number of rotatable bonds is 8. The first-order chi connectivity index (χ1) is 9.84. The van der Waals surface area contributed by atoms with Gasteiger partial charge in [0.25, 0.3) is 0 Å². The molecule has 1 amide bonds. The molecule has 110 valence electrons. The number of pyridine rings is 1. The number of hydrogen-bond acceptors (Lipinski definition) is 4. The van der Waals surface area contributed by atoms with Crippen molar-refractivity contribution in [2.75, 3.05) is 12.3 Å². The predicted octanol–water partition coefficient (Wildman–Crippen LogP) is 3.45. The molecule has 1 saturated heterocycles. The maximum Gasteiger partial charge on any atom is 0.220 e. The van der Waals surface area contributed by atoms with Crippen LogP contribution in [0.2, 0.25) is 0 Å². The minimum Gasteiger partial charge on any atom is -0.356 e. The van der Waals surface area contributed by atoms with Crippen molar-refractivity contribution in [3.05, 3.63) is 30.1 Å². The third-order valence-electron chi connectivity index (χ3n) is 3.34.